The van der Waals surface area contributed by atoms with E-state index in [9.17, 15) is 4.79 Å². The van der Waals surface area contributed by atoms with E-state index in [0.717, 1.165) is 18.4 Å². The fourth-order valence-corrected chi connectivity index (χ4v) is 1.89. The molecule has 2 rings (SSSR count). The number of aryl methyl sites for hydroxylation is 1. The molecular formula is C13H17NO2. The molecule has 0 radical (unpaired) electrons. The van der Waals surface area contributed by atoms with Crippen molar-refractivity contribution in [1.29, 1.82) is 0 Å². The molecule has 0 spiro atoms. The third-order valence-electron chi connectivity index (χ3n) is 2.79. The van der Waals surface area contributed by atoms with Crippen molar-refractivity contribution in [2.45, 2.75) is 25.9 Å². The maximum absolute atomic E-state index is 10.9. The molecule has 1 amide bonds. The van der Waals surface area contributed by atoms with Crippen LogP contribution in [0.3, 0.4) is 0 Å². The summed E-state index contributed by atoms with van der Waals surface area (Å²) in [5.41, 5.74) is 2.49. The molecule has 0 aromatic heterocycles. The van der Waals surface area contributed by atoms with E-state index in [1.54, 1.807) is 0 Å². The average Bonchev–Trinajstić information content (AvgIpc) is 2.32. The van der Waals surface area contributed by atoms with Crippen molar-refractivity contribution in [2.24, 2.45) is 0 Å². The third-order valence-corrected chi connectivity index (χ3v) is 2.79. The Bertz CT molecular complexity index is 349. The van der Waals surface area contributed by atoms with Gasteiger partial charge in [-0.2, -0.15) is 0 Å². The third kappa shape index (κ3) is 2.61. The average molecular weight is 219 g/mol. The predicted molar refractivity (Wildman–Crippen MR) is 62.1 cm³/mol. The summed E-state index contributed by atoms with van der Waals surface area (Å²) in [4.78, 5) is 10.9. The Labute approximate surface area is 95.8 Å². The zero-order chi connectivity index (χ0) is 11.4. The van der Waals surface area contributed by atoms with Crippen molar-refractivity contribution in [3.63, 3.8) is 0 Å². The number of hydrogen-bond donors (Lipinski definition) is 1. The number of hydrogen-bond acceptors (Lipinski definition) is 2. The summed E-state index contributed by atoms with van der Waals surface area (Å²) >= 11 is 0. The number of carbonyl (C=O) groups is 1. The first kappa shape index (κ1) is 11.1. The maximum Gasteiger partial charge on any atom is 0.246 e. The highest BCUT2D eigenvalue weighted by Gasteiger charge is 2.19. The number of amides is 1. The fourth-order valence-electron chi connectivity index (χ4n) is 1.89. The van der Waals surface area contributed by atoms with E-state index < -0.39 is 0 Å². The van der Waals surface area contributed by atoms with Gasteiger partial charge in [0.05, 0.1) is 0 Å². The van der Waals surface area contributed by atoms with Crippen molar-refractivity contribution < 1.29 is 9.53 Å². The molecule has 1 N–H and O–H groups in total. The van der Waals surface area contributed by atoms with Gasteiger partial charge < -0.3 is 10.1 Å². The van der Waals surface area contributed by atoms with Gasteiger partial charge in [-0.25, -0.2) is 0 Å². The molecule has 1 aliphatic heterocycles. The number of ether oxygens (including phenoxy) is 1. The highest BCUT2D eigenvalue weighted by atomic mass is 16.5. The van der Waals surface area contributed by atoms with Crippen molar-refractivity contribution in [3.8, 4) is 0 Å². The summed E-state index contributed by atoms with van der Waals surface area (Å²) in [6.45, 7) is 2.92. The summed E-state index contributed by atoms with van der Waals surface area (Å²) in [5, 5.41) is 2.81. The maximum atomic E-state index is 10.9. The molecule has 0 unspecified atom stereocenters. The molecule has 1 aliphatic rings. The zero-order valence-corrected chi connectivity index (χ0v) is 9.53. The van der Waals surface area contributed by atoms with Crippen LogP contribution in [0.4, 0.5) is 0 Å². The lowest BCUT2D eigenvalue weighted by Crippen LogP contribution is -2.38. The van der Waals surface area contributed by atoms with Crippen LogP contribution in [-0.4, -0.2) is 19.1 Å². The fraction of sp³-hybridized carbons (Fsp3) is 0.462. The van der Waals surface area contributed by atoms with Gasteiger partial charge >= 0.3 is 0 Å². The number of nitrogens with one attached hydrogen (secondary N) is 1. The Morgan fingerprint density at radius 1 is 1.38 bits per heavy atom. The Morgan fingerprint density at radius 3 is 2.69 bits per heavy atom. The lowest BCUT2D eigenvalue weighted by molar-refractivity contribution is -0.133. The van der Waals surface area contributed by atoms with Gasteiger partial charge in [0.25, 0.3) is 0 Å². The van der Waals surface area contributed by atoms with Crippen LogP contribution >= 0.6 is 0 Å². The first-order valence-corrected chi connectivity index (χ1v) is 5.76. The second kappa shape index (κ2) is 5.12. The molecule has 1 aromatic rings. The quantitative estimate of drug-likeness (QED) is 0.842. The zero-order valence-electron chi connectivity index (χ0n) is 9.53. The minimum absolute atomic E-state index is 0.00776. The first-order valence-electron chi connectivity index (χ1n) is 5.76. The second-order valence-electron chi connectivity index (χ2n) is 4.10. The van der Waals surface area contributed by atoms with Crippen LogP contribution in [-0.2, 0) is 16.0 Å². The lowest BCUT2D eigenvalue weighted by atomic mass is 10.0. The summed E-state index contributed by atoms with van der Waals surface area (Å²) in [7, 11) is 0. The molecule has 0 aliphatic carbocycles. The number of rotatable bonds is 3. The molecule has 0 bridgehead atoms. The smallest absolute Gasteiger partial charge is 0.246 e. The summed E-state index contributed by atoms with van der Waals surface area (Å²) in [5.74, 6) is -0.0288. The molecule has 3 heteroatoms. The number of benzene rings is 1. The molecule has 1 saturated heterocycles. The Hall–Kier alpha value is -1.35. The van der Waals surface area contributed by atoms with Crippen molar-refractivity contribution >= 4 is 5.91 Å². The van der Waals surface area contributed by atoms with Gasteiger partial charge in [-0.1, -0.05) is 37.6 Å². The number of carbonyl (C=O) groups excluding carboxylic acids is 1. The van der Waals surface area contributed by atoms with E-state index in [0.29, 0.717) is 6.54 Å². The van der Waals surface area contributed by atoms with Gasteiger partial charge in [0, 0.05) is 6.54 Å². The largest absolute Gasteiger partial charge is 0.362 e. The minimum atomic E-state index is -0.0288. The predicted octanol–water partition coefficient (Wildman–Crippen LogP) is 1.83. The van der Waals surface area contributed by atoms with Crippen LogP contribution in [0.5, 0.6) is 0 Å². The van der Waals surface area contributed by atoms with Gasteiger partial charge in [-0.15, -0.1) is 0 Å². The van der Waals surface area contributed by atoms with E-state index in [2.05, 4.69) is 36.5 Å². The van der Waals surface area contributed by atoms with E-state index >= 15 is 0 Å². The molecule has 1 aromatic carbocycles. The summed E-state index contributed by atoms with van der Waals surface area (Å²) in [6, 6.07) is 8.46. The standard InChI is InChI=1S/C13H17NO2/c1-2-3-10-4-6-11(7-5-10)12-8-14-13(15)9-16-12/h4-7,12H,2-3,8-9H2,1H3,(H,14,15)/t12-/m0/s1. The topological polar surface area (TPSA) is 38.3 Å². The molecule has 16 heavy (non-hydrogen) atoms. The van der Waals surface area contributed by atoms with Crippen LogP contribution < -0.4 is 5.32 Å². The van der Waals surface area contributed by atoms with Gasteiger partial charge in [-0.05, 0) is 17.5 Å². The molecule has 86 valence electrons. The highest BCUT2D eigenvalue weighted by Crippen LogP contribution is 2.19. The monoisotopic (exact) mass is 219 g/mol. The second-order valence-corrected chi connectivity index (χ2v) is 4.10. The number of morpholine rings is 1. The Balaban J connectivity index is 2.01. The van der Waals surface area contributed by atoms with E-state index in [1.807, 2.05) is 0 Å². The summed E-state index contributed by atoms with van der Waals surface area (Å²) in [6.07, 6.45) is 2.28. The van der Waals surface area contributed by atoms with Crippen LogP contribution in [0.1, 0.15) is 30.6 Å². The van der Waals surface area contributed by atoms with Crippen molar-refractivity contribution in [2.75, 3.05) is 13.2 Å². The van der Waals surface area contributed by atoms with Gasteiger partial charge in [0.2, 0.25) is 5.91 Å². The van der Waals surface area contributed by atoms with E-state index in [-0.39, 0.29) is 18.6 Å². The van der Waals surface area contributed by atoms with Crippen LogP contribution in [0.2, 0.25) is 0 Å². The van der Waals surface area contributed by atoms with Crippen LogP contribution in [0, 0.1) is 0 Å². The lowest BCUT2D eigenvalue weighted by Gasteiger charge is -2.23. The molecule has 0 saturated carbocycles. The van der Waals surface area contributed by atoms with Crippen molar-refractivity contribution in [3.05, 3.63) is 35.4 Å². The van der Waals surface area contributed by atoms with Crippen LogP contribution in [0.15, 0.2) is 24.3 Å². The first-order chi connectivity index (χ1) is 7.79. The van der Waals surface area contributed by atoms with Gasteiger partial charge in [-0.3, -0.25) is 4.79 Å². The van der Waals surface area contributed by atoms with E-state index in [4.69, 9.17) is 4.74 Å². The van der Waals surface area contributed by atoms with Crippen molar-refractivity contribution in [1.82, 2.24) is 5.32 Å². The SMILES string of the molecule is CCCc1ccc([C@@H]2CNC(=O)CO2)cc1. The molecule has 1 atom stereocenters. The minimum Gasteiger partial charge on any atom is -0.362 e. The highest BCUT2D eigenvalue weighted by molar-refractivity contribution is 5.77. The van der Waals surface area contributed by atoms with Gasteiger partial charge in [0.1, 0.15) is 12.7 Å². The molecular weight excluding hydrogens is 202 g/mol. The molecule has 1 fully saturated rings. The Morgan fingerprint density at radius 2 is 2.12 bits per heavy atom. The normalized spacial score (nSPS) is 20.6. The van der Waals surface area contributed by atoms with E-state index in [1.165, 1.54) is 5.56 Å². The van der Waals surface area contributed by atoms with Crippen LogP contribution in [0.25, 0.3) is 0 Å². The molecule has 3 nitrogen and oxygen atoms in total. The van der Waals surface area contributed by atoms with Gasteiger partial charge in [0.15, 0.2) is 0 Å². The molecule has 1 heterocycles. The summed E-state index contributed by atoms with van der Waals surface area (Å²) < 4.78 is 5.46. The Kier molecular flexibility index (Phi) is 3.57.